The van der Waals surface area contributed by atoms with E-state index in [0.717, 1.165) is 0 Å². The topological polar surface area (TPSA) is 87.7 Å². The van der Waals surface area contributed by atoms with Crippen molar-refractivity contribution in [1.82, 2.24) is 4.90 Å². The monoisotopic (exact) mass is 463 g/mol. The smallest absolute Gasteiger partial charge is 0.337 e. The van der Waals surface area contributed by atoms with Crippen molar-refractivity contribution in [3.05, 3.63) is 58.1 Å². The van der Waals surface area contributed by atoms with Gasteiger partial charge in [0, 0.05) is 17.3 Å². The molecule has 0 bridgehead atoms. The Kier molecular flexibility index (Phi) is 7.90. The van der Waals surface area contributed by atoms with Crippen molar-refractivity contribution in [1.29, 1.82) is 0 Å². The van der Waals surface area contributed by atoms with Crippen molar-refractivity contribution >= 4 is 52.4 Å². The first-order valence-corrected chi connectivity index (χ1v) is 10.6. The van der Waals surface area contributed by atoms with Gasteiger partial charge < -0.3 is 15.4 Å². The maximum atomic E-state index is 12.5. The van der Waals surface area contributed by atoms with Gasteiger partial charge in [0.2, 0.25) is 11.8 Å². The number of nitrogens with one attached hydrogen (secondary N) is 2. The molecule has 164 valence electrons. The summed E-state index contributed by atoms with van der Waals surface area (Å²) in [5, 5.41) is 6.50. The van der Waals surface area contributed by atoms with Crippen LogP contribution in [0.1, 0.15) is 23.2 Å². The van der Waals surface area contributed by atoms with Crippen LogP contribution in [0.2, 0.25) is 10.0 Å². The molecule has 31 heavy (non-hydrogen) atoms. The normalized spacial score (nSPS) is 14.7. The van der Waals surface area contributed by atoms with Gasteiger partial charge in [0.05, 0.1) is 29.3 Å². The fourth-order valence-corrected chi connectivity index (χ4v) is 3.68. The second-order valence-corrected chi connectivity index (χ2v) is 8.10. The fraction of sp³-hybridized carbons (Fsp3) is 0.318. The van der Waals surface area contributed by atoms with Gasteiger partial charge in [0.25, 0.3) is 0 Å². The molecule has 1 heterocycles. The molecule has 2 aromatic carbocycles. The maximum absolute atomic E-state index is 12.5. The maximum Gasteiger partial charge on any atom is 0.337 e. The van der Waals surface area contributed by atoms with E-state index < -0.39 is 5.97 Å². The summed E-state index contributed by atoms with van der Waals surface area (Å²) in [5.41, 5.74) is 1.64. The number of methoxy groups -OCH3 is 1. The van der Waals surface area contributed by atoms with Gasteiger partial charge in [-0.1, -0.05) is 23.2 Å². The summed E-state index contributed by atoms with van der Waals surface area (Å²) in [6.07, 6.45) is 1.32. The quantitative estimate of drug-likeness (QED) is 0.630. The molecule has 3 rings (SSSR count). The van der Waals surface area contributed by atoms with Crippen LogP contribution in [-0.4, -0.2) is 49.4 Å². The lowest BCUT2D eigenvalue weighted by Gasteiger charge is -2.30. The first kappa shape index (κ1) is 23.1. The lowest BCUT2D eigenvalue weighted by atomic mass is 9.95. The minimum Gasteiger partial charge on any atom is -0.465 e. The second kappa shape index (κ2) is 10.6. The SMILES string of the molecule is COC(=O)c1ccc(NC(=O)C2CCN(CC(=O)Nc3ccc(Cl)c(Cl)c3)CC2)cc1. The number of hydrogen-bond donors (Lipinski definition) is 2. The zero-order valence-corrected chi connectivity index (χ0v) is 18.5. The Labute approximate surface area is 190 Å². The van der Waals surface area contributed by atoms with E-state index in [-0.39, 0.29) is 24.3 Å². The van der Waals surface area contributed by atoms with E-state index in [0.29, 0.717) is 52.9 Å². The Morgan fingerprint density at radius 3 is 2.23 bits per heavy atom. The third kappa shape index (κ3) is 6.43. The number of carbonyl (C=O) groups is 3. The molecule has 1 saturated heterocycles. The Hall–Kier alpha value is -2.61. The number of piperidine rings is 1. The number of benzene rings is 2. The number of anilines is 2. The van der Waals surface area contributed by atoms with Crippen LogP contribution in [0.15, 0.2) is 42.5 Å². The summed E-state index contributed by atoms with van der Waals surface area (Å²) < 4.78 is 4.66. The molecule has 0 atom stereocenters. The standard InChI is InChI=1S/C22H23Cl2N3O4/c1-31-22(30)15-2-4-16(5-3-15)26-21(29)14-8-10-27(11-9-14)13-20(28)25-17-6-7-18(23)19(24)12-17/h2-7,12,14H,8-11,13H2,1H3,(H,25,28)(H,26,29). The van der Waals surface area contributed by atoms with Gasteiger partial charge in [0.15, 0.2) is 0 Å². The number of esters is 1. The summed E-state index contributed by atoms with van der Waals surface area (Å²) in [6, 6.07) is 11.5. The van der Waals surface area contributed by atoms with Crippen LogP contribution >= 0.6 is 23.2 Å². The largest absolute Gasteiger partial charge is 0.465 e. The fourth-order valence-electron chi connectivity index (χ4n) is 3.38. The van der Waals surface area contributed by atoms with Crippen LogP contribution < -0.4 is 10.6 Å². The molecule has 2 aromatic rings. The molecular formula is C22H23Cl2N3O4. The Morgan fingerprint density at radius 1 is 0.968 bits per heavy atom. The van der Waals surface area contributed by atoms with Gasteiger partial charge >= 0.3 is 5.97 Å². The summed E-state index contributed by atoms with van der Waals surface area (Å²) in [4.78, 5) is 38.3. The molecule has 2 N–H and O–H groups in total. The predicted octanol–water partition coefficient (Wildman–Crippen LogP) is 4.07. The van der Waals surface area contributed by atoms with Crippen molar-refractivity contribution in [3.8, 4) is 0 Å². The highest BCUT2D eigenvalue weighted by Gasteiger charge is 2.26. The number of nitrogens with zero attached hydrogens (tertiary/aromatic N) is 1. The van der Waals surface area contributed by atoms with Crippen LogP contribution in [0, 0.1) is 5.92 Å². The van der Waals surface area contributed by atoms with Crippen molar-refractivity contribution < 1.29 is 19.1 Å². The predicted molar refractivity (Wildman–Crippen MR) is 121 cm³/mol. The second-order valence-electron chi connectivity index (χ2n) is 7.29. The van der Waals surface area contributed by atoms with Crippen LogP contribution in [0.4, 0.5) is 11.4 Å². The Bertz CT molecular complexity index is 958. The minimum atomic E-state index is -0.423. The first-order valence-electron chi connectivity index (χ1n) is 9.82. The molecule has 0 unspecified atom stereocenters. The highest BCUT2D eigenvalue weighted by atomic mass is 35.5. The number of ether oxygens (including phenoxy) is 1. The van der Waals surface area contributed by atoms with Crippen LogP contribution in [-0.2, 0) is 14.3 Å². The minimum absolute atomic E-state index is 0.0641. The molecule has 7 nitrogen and oxygen atoms in total. The van der Waals surface area contributed by atoms with Crippen LogP contribution in [0.3, 0.4) is 0 Å². The van der Waals surface area contributed by atoms with E-state index in [1.165, 1.54) is 7.11 Å². The molecule has 9 heteroatoms. The lowest BCUT2D eigenvalue weighted by molar-refractivity contribution is -0.121. The van der Waals surface area contributed by atoms with Crippen molar-refractivity contribution in [2.24, 2.45) is 5.92 Å². The zero-order chi connectivity index (χ0) is 22.4. The highest BCUT2D eigenvalue weighted by Crippen LogP contribution is 2.25. The van der Waals surface area contributed by atoms with E-state index >= 15 is 0 Å². The number of amides is 2. The Balaban J connectivity index is 1.44. The molecule has 0 saturated carbocycles. The summed E-state index contributed by atoms with van der Waals surface area (Å²) in [6.45, 7) is 1.53. The van der Waals surface area contributed by atoms with E-state index in [4.69, 9.17) is 23.2 Å². The molecule has 2 amide bonds. The highest BCUT2D eigenvalue weighted by molar-refractivity contribution is 6.42. The van der Waals surface area contributed by atoms with E-state index in [1.807, 2.05) is 4.90 Å². The molecule has 0 radical (unpaired) electrons. The first-order chi connectivity index (χ1) is 14.9. The molecule has 0 aliphatic carbocycles. The summed E-state index contributed by atoms with van der Waals surface area (Å²) >= 11 is 11.9. The van der Waals surface area contributed by atoms with Crippen LogP contribution in [0.5, 0.6) is 0 Å². The van der Waals surface area contributed by atoms with Gasteiger partial charge in [0.1, 0.15) is 0 Å². The third-order valence-corrected chi connectivity index (χ3v) is 5.84. The average molecular weight is 464 g/mol. The lowest BCUT2D eigenvalue weighted by Crippen LogP contribution is -2.41. The van der Waals surface area contributed by atoms with E-state index in [2.05, 4.69) is 15.4 Å². The van der Waals surface area contributed by atoms with Gasteiger partial charge in [-0.2, -0.15) is 0 Å². The molecule has 1 aliphatic rings. The Morgan fingerprint density at radius 2 is 1.61 bits per heavy atom. The van der Waals surface area contributed by atoms with E-state index in [1.54, 1.807) is 42.5 Å². The number of halogens is 2. The number of rotatable bonds is 6. The molecule has 0 spiro atoms. The third-order valence-electron chi connectivity index (χ3n) is 5.10. The van der Waals surface area contributed by atoms with Crippen molar-refractivity contribution in [3.63, 3.8) is 0 Å². The molecule has 1 aliphatic heterocycles. The van der Waals surface area contributed by atoms with E-state index in [9.17, 15) is 14.4 Å². The summed E-state index contributed by atoms with van der Waals surface area (Å²) in [7, 11) is 1.32. The number of hydrogen-bond acceptors (Lipinski definition) is 5. The molecular weight excluding hydrogens is 441 g/mol. The zero-order valence-electron chi connectivity index (χ0n) is 17.0. The van der Waals surface area contributed by atoms with Gasteiger partial charge in [-0.3, -0.25) is 14.5 Å². The number of carbonyl (C=O) groups excluding carboxylic acids is 3. The summed E-state index contributed by atoms with van der Waals surface area (Å²) in [5.74, 6) is -0.763. The van der Waals surface area contributed by atoms with Gasteiger partial charge in [-0.25, -0.2) is 4.79 Å². The van der Waals surface area contributed by atoms with Crippen molar-refractivity contribution in [2.75, 3.05) is 37.4 Å². The van der Waals surface area contributed by atoms with Crippen molar-refractivity contribution in [2.45, 2.75) is 12.8 Å². The van der Waals surface area contributed by atoms with Crippen LogP contribution in [0.25, 0.3) is 0 Å². The van der Waals surface area contributed by atoms with Gasteiger partial charge in [-0.05, 0) is 68.4 Å². The average Bonchev–Trinajstić information content (AvgIpc) is 2.76. The number of likely N-dealkylation sites (tertiary alicyclic amines) is 1. The molecule has 1 fully saturated rings. The van der Waals surface area contributed by atoms with Gasteiger partial charge in [-0.15, -0.1) is 0 Å². The molecule has 0 aromatic heterocycles.